The Morgan fingerprint density at radius 2 is 0.773 bits per heavy atom. The van der Waals surface area contributed by atoms with Crippen LogP contribution in [0.4, 0.5) is 34.1 Å². The first-order chi connectivity index (χ1) is 49.5. The van der Waals surface area contributed by atoms with Crippen molar-refractivity contribution in [3.05, 3.63) is 320 Å². The van der Waals surface area contributed by atoms with Crippen LogP contribution in [-0.2, 0) is 10.8 Å². The predicted molar refractivity (Wildman–Crippen MR) is 416 cm³/mol. The van der Waals surface area contributed by atoms with E-state index in [0.717, 1.165) is 149 Å². The number of fused-ring (bicyclic) bond motifs is 18. The summed E-state index contributed by atoms with van der Waals surface area (Å²) in [4.78, 5) is 4.97. The quantitative estimate of drug-likeness (QED) is 0.154. The van der Waals surface area contributed by atoms with E-state index < -0.39 is 12.8 Å². The van der Waals surface area contributed by atoms with Crippen molar-refractivity contribution in [1.29, 1.82) is 0 Å². The Bertz CT molecular complexity index is 6360. The van der Waals surface area contributed by atoms with E-state index in [1.807, 2.05) is 12.1 Å². The molecule has 4 nitrogen and oxygen atoms in total. The van der Waals surface area contributed by atoms with E-state index in [2.05, 4.69) is 327 Å². The Labute approximate surface area is 572 Å². The summed E-state index contributed by atoms with van der Waals surface area (Å²) in [5, 5.41) is 11.4. The molecule has 0 unspecified atom stereocenters. The Morgan fingerprint density at radius 3 is 1.36 bits per heavy atom. The summed E-state index contributed by atoms with van der Waals surface area (Å²) in [7, 11) is 0. The number of rotatable bonds is 6. The number of anilines is 6. The smallest absolute Gasteiger partial charge is 0.252 e. The highest BCUT2D eigenvalue weighted by Crippen LogP contribution is 2.52. The summed E-state index contributed by atoms with van der Waals surface area (Å²) in [6.45, 7) is 13.4. The minimum Gasteiger partial charge on any atom is -0.311 e. The van der Waals surface area contributed by atoms with Crippen molar-refractivity contribution < 1.29 is 6.85 Å². The molecular weight excluding hydrogens is 1170 g/mol. The molecule has 2 aliphatic heterocycles. The fraction of sp³-hybridized carbons (Fsp3) is 0.0870. The van der Waals surface area contributed by atoms with Gasteiger partial charge in [0.15, 0.2) is 0 Å². The standard InChI is InChI=1S/C92H69BN4/c1-91(2,3)64-42-51-81-76(54-64)77-55-65(92(4,5)6)43-52-82(77)95(81)68-48-50-79-84(56-68)96(67-46-39-62(40-47-67)59-25-12-8-13-26-59)90-87-75-35-22-34-74-72-32-19-17-30-70(72)69-29-16-18-31-71(69)73-33-20-21-36-80(73)97(89(74)75)85(87)57-86-88(90)93(79)78-49-41-63(60-27-14-9-15-28-60)53-83(78)94(86)66-44-37-61(38-45-66)58-23-10-7-11-24-58/h7-57H,1-6H3/i9D,14D,15D,27D,28D. The summed E-state index contributed by atoms with van der Waals surface area (Å²) in [6, 6.07) is 101. The first kappa shape index (κ1) is 51.7. The highest BCUT2D eigenvalue weighted by molar-refractivity contribution is 7.00. The van der Waals surface area contributed by atoms with Gasteiger partial charge in [-0.05, 0) is 172 Å². The van der Waals surface area contributed by atoms with Crippen molar-refractivity contribution in [2.75, 3.05) is 9.80 Å². The molecule has 14 aromatic carbocycles. The zero-order valence-electron chi connectivity index (χ0n) is 59.9. The first-order valence-electron chi connectivity index (χ1n) is 36.3. The molecule has 0 saturated carbocycles. The summed E-state index contributed by atoms with van der Waals surface area (Å²) in [5.74, 6) is 0. The molecule has 97 heavy (non-hydrogen) atoms. The largest absolute Gasteiger partial charge is 0.311 e. The number of hydrogen-bond donors (Lipinski definition) is 0. The van der Waals surface area contributed by atoms with Crippen LogP contribution in [0, 0.1) is 0 Å². The van der Waals surface area contributed by atoms with Gasteiger partial charge in [0.05, 0.1) is 40.1 Å². The zero-order valence-corrected chi connectivity index (χ0v) is 54.9. The van der Waals surface area contributed by atoms with Crippen molar-refractivity contribution in [3.63, 3.8) is 0 Å². The molecule has 3 aromatic heterocycles. The highest BCUT2D eigenvalue weighted by atomic mass is 15.2. The summed E-state index contributed by atoms with van der Waals surface area (Å²) in [5.41, 5.74) is 22.8. The lowest BCUT2D eigenvalue weighted by molar-refractivity contribution is 0.590. The van der Waals surface area contributed by atoms with Crippen LogP contribution in [0.25, 0.3) is 121 Å². The van der Waals surface area contributed by atoms with Gasteiger partial charge in [0, 0.05) is 66.4 Å². The van der Waals surface area contributed by atoms with Gasteiger partial charge in [-0.3, -0.25) is 0 Å². The second kappa shape index (κ2) is 21.4. The van der Waals surface area contributed by atoms with Gasteiger partial charge in [-0.25, -0.2) is 0 Å². The minimum absolute atomic E-state index is 0.0893. The molecule has 17 aromatic rings. The second-order valence-corrected chi connectivity index (χ2v) is 28.4. The maximum atomic E-state index is 9.50. The topological polar surface area (TPSA) is 15.8 Å². The molecule has 0 fully saturated rings. The van der Waals surface area contributed by atoms with Crippen LogP contribution in [0.2, 0.25) is 0 Å². The van der Waals surface area contributed by atoms with Crippen molar-refractivity contribution in [2.45, 2.75) is 52.4 Å². The molecule has 0 bridgehead atoms. The third kappa shape index (κ3) is 8.77. The average Bonchev–Trinajstić information content (AvgIpc) is 1.35. The van der Waals surface area contributed by atoms with E-state index in [1.54, 1.807) is 0 Å². The molecule has 0 saturated heterocycles. The number of benzene rings is 14. The Balaban J connectivity index is 1.01. The Hall–Kier alpha value is -11.7. The monoisotopic (exact) mass is 1250 g/mol. The fourth-order valence-corrected chi connectivity index (χ4v) is 16.2. The third-order valence-corrected chi connectivity index (χ3v) is 20.8. The molecule has 0 radical (unpaired) electrons. The molecule has 0 atom stereocenters. The number of para-hydroxylation sites is 2. The Kier molecular flexibility index (Phi) is 11.4. The van der Waals surface area contributed by atoms with Crippen molar-refractivity contribution in [1.82, 2.24) is 8.97 Å². The number of hydrogen-bond acceptors (Lipinski definition) is 2. The average molecular weight is 1250 g/mol. The van der Waals surface area contributed by atoms with E-state index in [-0.39, 0.29) is 40.6 Å². The van der Waals surface area contributed by atoms with Gasteiger partial charge < -0.3 is 18.8 Å². The van der Waals surface area contributed by atoms with Gasteiger partial charge >= 0.3 is 0 Å². The third-order valence-electron chi connectivity index (χ3n) is 20.8. The van der Waals surface area contributed by atoms with Gasteiger partial charge in [0.25, 0.3) is 6.71 Å². The molecule has 5 heterocycles. The zero-order chi connectivity index (χ0) is 69.4. The van der Waals surface area contributed by atoms with Crippen LogP contribution in [0.1, 0.15) is 59.5 Å². The first-order valence-corrected chi connectivity index (χ1v) is 33.8. The van der Waals surface area contributed by atoms with Crippen LogP contribution in [0.15, 0.2) is 309 Å². The molecule has 5 heteroatoms. The number of nitrogens with zero attached hydrogens (tertiary/aromatic N) is 4. The minimum atomic E-state index is -0.428. The van der Waals surface area contributed by atoms with Gasteiger partial charge in [0.2, 0.25) is 0 Å². The van der Waals surface area contributed by atoms with E-state index in [9.17, 15) is 2.74 Å². The van der Waals surface area contributed by atoms with Crippen LogP contribution in [0.3, 0.4) is 0 Å². The molecule has 0 spiro atoms. The normalized spacial score (nSPS) is 13.7. The highest BCUT2D eigenvalue weighted by Gasteiger charge is 2.46. The molecule has 2 aliphatic rings. The predicted octanol–water partition coefficient (Wildman–Crippen LogP) is 23.0. The summed E-state index contributed by atoms with van der Waals surface area (Å²) < 4.78 is 50.8. The number of aromatic nitrogens is 2. The molecular formula is C92H69BN4. The van der Waals surface area contributed by atoms with Crippen molar-refractivity contribution in [2.24, 2.45) is 0 Å². The fourth-order valence-electron chi connectivity index (χ4n) is 16.2. The second-order valence-electron chi connectivity index (χ2n) is 28.4. The van der Waals surface area contributed by atoms with Gasteiger partial charge in [-0.1, -0.05) is 272 Å². The lowest BCUT2D eigenvalue weighted by atomic mass is 9.33. The molecule has 19 rings (SSSR count). The van der Waals surface area contributed by atoms with Crippen LogP contribution in [0.5, 0.6) is 0 Å². The summed E-state index contributed by atoms with van der Waals surface area (Å²) in [6.07, 6.45) is 0. The molecule has 0 N–H and O–H groups in total. The lowest BCUT2D eigenvalue weighted by Crippen LogP contribution is -2.61. The van der Waals surface area contributed by atoms with Crippen molar-refractivity contribution in [3.8, 4) is 39.1 Å². The van der Waals surface area contributed by atoms with Gasteiger partial charge in [-0.15, -0.1) is 0 Å². The lowest BCUT2D eigenvalue weighted by Gasteiger charge is -2.44. The van der Waals surface area contributed by atoms with E-state index in [0.29, 0.717) is 5.56 Å². The van der Waals surface area contributed by atoms with Crippen molar-refractivity contribution >= 4 is 139 Å². The Morgan fingerprint density at radius 1 is 0.309 bits per heavy atom. The van der Waals surface area contributed by atoms with Gasteiger partial charge in [0.1, 0.15) is 0 Å². The molecule has 0 amide bonds. The van der Waals surface area contributed by atoms with Crippen LogP contribution < -0.4 is 26.2 Å². The maximum Gasteiger partial charge on any atom is 0.252 e. The summed E-state index contributed by atoms with van der Waals surface area (Å²) >= 11 is 0. The van der Waals surface area contributed by atoms with Gasteiger partial charge in [-0.2, -0.15) is 0 Å². The van der Waals surface area contributed by atoms with E-state index >= 15 is 0 Å². The van der Waals surface area contributed by atoms with Crippen LogP contribution >= 0.6 is 0 Å². The van der Waals surface area contributed by atoms with Crippen LogP contribution in [-0.4, -0.2) is 15.7 Å². The SMILES string of the molecule is [2H]c1c([2H])c([2H])c(-c2ccc3c(c2)N(c2ccc(-c4ccccc4)cc2)c2cc4c(c5c2B3c2ccc(-n3c6ccc(C(C)(C)C)cc6c6cc(C(C)(C)C)ccc63)cc2N5c2ccc(-c3ccccc3)cc2)c2cccc3c5ccccc5c5ccccc5c5ccccc5n4c32)c([2H])c1[2H]. The molecule has 0 aliphatic carbocycles. The van der Waals surface area contributed by atoms with E-state index in [4.69, 9.17) is 4.11 Å². The maximum absolute atomic E-state index is 9.50. The molecule has 460 valence electrons. The van der Waals surface area contributed by atoms with E-state index in [1.165, 1.54) is 21.9 Å².